The fourth-order valence-electron chi connectivity index (χ4n) is 3.32. The largest absolute Gasteiger partial charge is 0.497 e. The van der Waals surface area contributed by atoms with E-state index in [1.165, 1.54) is 17.6 Å². The number of carbonyl (C=O) groups excluding carboxylic acids is 1. The van der Waals surface area contributed by atoms with Crippen LogP contribution < -0.4 is 19.7 Å². The molecule has 3 rings (SSSR count). The van der Waals surface area contributed by atoms with E-state index in [4.69, 9.17) is 19.4 Å². The van der Waals surface area contributed by atoms with Crippen molar-refractivity contribution in [2.75, 3.05) is 20.8 Å². The minimum atomic E-state index is -3.87. The molecule has 0 radical (unpaired) electrons. The summed E-state index contributed by atoms with van der Waals surface area (Å²) >= 11 is 0. The number of benzene rings is 2. The topological polar surface area (TPSA) is 114 Å². The predicted octanol–water partition coefficient (Wildman–Crippen LogP) is 1.94. The molecule has 1 aliphatic rings. The van der Waals surface area contributed by atoms with E-state index in [9.17, 15) is 13.2 Å². The van der Waals surface area contributed by atoms with Gasteiger partial charge in [0, 0.05) is 12.6 Å². The molecule has 2 N–H and O–H groups in total. The van der Waals surface area contributed by atoms with Gasteiger partial charge in [0.25, 0.3) is 5.91 Å². The van der Waals surface area contributed by atoms with Crippen LogP contribution in [0.2, 0.25) is 0 Å². The first kappa shape index (κ1) is 21.9. The lowest BCUT2D eigenvalue weighted by Gasteiger charge is -2.22. The van der Waals surface area contributed by atoms with E-state index < -0.39 is 22.0 Å². The molecule has 2 aromatic rings. The Morgan fingerprint density at radius 3 is 2.30 bits per heavy atom. The first-order chi connectivity index (χ1) is 14.4. The minimum Gasteiger partial charge on any atom is -0.497 e. The first-order valence-corrected chi connectivity index (χ1v) is 10.7. The van der Waals surface area contributed by atoms with Crippen molar-refractivity contribution in [2.24, 2.45) is 0 Å². The average Bonchev–Trinajstić information content (AvgIpc) is 3.28. The Hall–Kier alpha value is -2.82. The highest BCUT2D eigenvalue weighted by atomic mass is 32.2. The molecule has 1 amide bonds. The van der Waals surface area contributed by atoms with E-state index in [-0.39, 0.29) is 18.0 Å². The number of carbonyl (C=O) groups is 1. The smallest absolute Gasteiger partial charge is 0.261 e. The van der Waals surface area contributed by atoms with Gasteiger partial charge in [-0.25, -0.2) is 13.9 Å². The van der Waals surface area contributed by atoms with Crippen molar-refractivity contribution in [1.82, 2.24) is 9.79 Å². The molecule has 1 heterocycles. The number of ether oxygens (including phenoxy) is 3. The molecule has 0 bridgehead atoms. The Morgan fingerprint density at radius 2 is 1.73 bits per heavy atom. The highest BCUT2D eigenvalue weighted by molar-refractivity contribution is 7.89. The second-order valence-electron chi connectivity index (χ2n) is 6.73. The number of rotatable bonds is 8. The van der Waals surface area contributed by atoms with Crippen LogP contribution in [0.3, 0.4) is 0 Å². The SMILES string of the molecule is COc1cc(COc2ccc(S(=O)(=O)N3CCC[C@@H]3C(=O)NO)cc2)cc(OC)c1. The number of hydrogen-bond acceptors (Lipinski definition) is 7. The lowest BCUT2D eigenvalue weighted by molar-refractivity contribution is -0.132. The van der Waals surface area contributed by atoms with Gasteiger partial charge in [0.05, 0.1) is 19.1 Å². The van der Waals surface area contributed by atoms with Gasteiger partial charge in [0.15, 0.2) is 0 Å². The summed E-state index contributed by atoms with van der Waals surface area (Å²) in [5.41, 5.74) is 2.37. The van der Waals surface area contributed by atoms with Crippen LogP contribution in [-0.2, 0) is 21.4 Å². The van der Waals surface area contributed by atoms with Gasteiger partial charge >= 0.3 is 0 Å². The number of amides is 1. The van der Waals surface area contributed by atoms with E-state index in [1.807, 2.05) is 12.1 Å². The Labute approximate surface area is 175 Å². The third-order valence-electron chi connectivity index (χ3n) is 4.86. The highest BCUT2D eigenvalue weighted by Crippen LogP contribution is 2.28. The summed E-state index contributed by atoms with van der Waals surface area (Å²) in [5.74, 6) is 1.04. The maximum Gasteiger partial charge on any atom is 0.261 e. The van der Waals surface area contributed by atoms with E-state index in [0.29, 0.717) is 30.1 Å². The summed E-state index contributed by atoms with van der Waals surface area (Å²) in [6.07, 6.45) is 0.902. The van der Waals surface area contributed by atoms with Crippen LogP contribution in [0.1, 0.15) is 18.4 Å². The fourth-order valence-corrected chi connectivity index (χ4v) is 4.98. The lowest BCUT2D eigenvalue weighted by atomic mass is 10.2. The Balaban J connectivity index is 1.71. The molecule has 30 heavy (non-hydrogen) atoms. The van der Waals surface area contributed by atoms with E-state index in [2.05, 4.69) is 0 Å². The van der Waals surface area contributed by atoms with Crippen molar-refractivity contribution in [3.63, 3.8) is 0 Å². The summed E-state index contributed by atoms with van der Waals surface area (Å²) < 4.78 is 43.1. The Morgan fingerprint density at radius 1 is 1.10 bits per heavy atom. The van der Waals surface area contributed by atoms with Crippen LogP contribution in [0.4, 0.5) is 0 Å². The molecule has 162 valence electrons. The number of nitrogens with zero attached hydrogens (tertiary/aromatic N) is 1. The van der Waals surface area contributed by atoms with Crippen molar-refractivity contribution in [3.8, 4) is 17.2 Å². The van der Waals surface area contributed by atoms with Gasteiger partial charge in [-0.2, -0.15) is 4.31 Å². The number of sulfonamides is 1. The predicted molar refractivity (Wildman–Crippen MR) is 107 cm³/mol. The zero-order valence-electron chi connectivity index (χ0n) is 16.7. The van der Waals surface area contributed by atoms with Crippen LogP contribution >= 0.6 is 0 Å². The monoisotopic (exact) mass is 436 g/mol. The standard InChI is InChI=1S/C20H24N2O7S/c1-27-16-10-14(11-17(12-16)28-2)13-29-15-5-7-18(8-6-15)30(25,26)22-9-3-4-19(22)20(23)21-24/h5-8,10-12,19,24H,3-4,9,13H2,1-2H3,(H,21,23)/t19-/m1/s1. The van der Waals surface area contributed by atoms with Gasteiger partial charge in [-0.3, -0.25) is 10.0 Å². The third kappa shape index (κ3) is 4.66. The molecule has 9 nitrogen and oxygen atoms in total. The molecule has 0 aliphatic carbocycles. The molecule has 1 atom stereocenters. The number of hydroxylamine groups is 1. The van der Waals surface area contributed by atoms with E-state index in [0.717, 1.165) is 9.87 Å². The zero-order chi connectivity index (χ0) is 21.7. The molecule has 1 fully saturated rings. The van der Waals surface area contributed by atoms with Gasteiger partial charge in [-0.1, -0.05) is 0 Å². The van der Waals surface area contributed by atoms with Gasteiger partial charge < -0.3 is 14.2 Å². The van der Waals surface area contributed by atoms with Gasteiger partial charge in [-0.05, 0) is 54.8 Å². The van der Waals surface area contributed by atoms with Gasteiger partial charge in [0.2, 0.25) is 10.0 Å². The number of nitrogens with one attached hydrogen (secondary N) is 1. The summed E-state index contributed by atoms with van der Waals surface area (Å²) in [4.78, 5) is 11.8. The quantitative estimate of drug-likeness (QED) is 0.480. The maximum atomic E-state index is 12.9. The molecule has 1 saturated heterocycles. The number of methoxy groups -OCH3 is 2. The maximum absolute atomic E-state index is 12.9. The van der Waals surface area contributed by atoms with E-state index in [1.54, 1.807) is 32.4 Å². The fraction of sp³-hybridized carbons (Fsp3) is 0.350. The van der Waals surface area contributed by atoms with Crippen molar-refractivity contribution < 1.29 is 32.6 Å². The molecule has 0 unspecified atom stereocenters. The van der Waals surface area contributed by atoms with Crippen LogP contribution in [-0.4, -0.2) is 50.6 Å². The van der Waals surface area contributed by atoms with Crippen LogP contribution in [0, 0.1) is 0 Å². The molecular formula is C20H24N2O7S. The molecule has 10 heteroatoms. The Bertz CT molecular complexity index is 970. The molecule has 1 aliphatic heterocycles. The van der Waals surface area contributed by atoms with Crippen LogP contribution in [0.25, 0.3) is 0 Å². The van der Waals surface area contributed by atoms with Crippen molar-refractivity contribution >= 4 is 15.9 Å². The summed E-state index contributed by atoms with van der Waals surface area (Å²) in [6.45, 7) is 0.459. The molecule has 2 aromatic carbocycles. The van der Waals surface area contributed by atoms with E-state index >= 15 is 0 Å². The van der Waals surface area contributed by atoms with Crippen LogP contribution in [0.5, 0.6) is 17.2 Å². The number of hydrogen-bond donors (Lipinski definition) is 2. The van der Waals surface area contributed by atoms with Gasteiger partial charge in [0.1, 0.15) is 29.9 Å². The molecule has 0 saturated carbocycles. The van der Waals surface area contributed by atoms with Crippen molar-refractivity contribution in [2.45, 2.75) is 30.4 Å². The van der Waals surface area contributed by atoms with Crippen molar-refractivity contribution in [3.05, 3.63) is 48.0 Å². The lowest BCUT2D eigenvalue weighted by Crippen LogP contribution is -2.44. The average molecular weight is 436 g/mol. The second-order valence-corrected chi connectivity index (χ2v) is 8.62. The summed E-state index contributed by atoms with van der Waals surface area (Å²) in [6, 6.07) is 10.5. The van der Waals surface area contributed by atoms with Crippen LogP contribution in [0.15, 0.2) is 47.4 Å². The minimum absolute atomic E-state index is 0.0514. The Kier molecular flexibility index (Phi) is 6.80. The highest BCUT2D eigenvalue weighted by Gasteiger charge is 2.39. The first-order valence-electron chi connectivity index (χ1n) is 9.29. The summed E-state index contributed by atoms with van der Waals surface area (Å²) in [5, 5.41) is 8.85. The zero-order valence-corrected chi connectivity index (χ0v) is 17.5. The molecule has 0 aromatic heterocycles. The third-order valence-corrected chi connectivity index (χ3v) is 6.79. The molecular weight excluding hydrogens is 412 g/mol. The van der Waals surface area contributed by atoms with Gasteiger partial charge in [-0.15, -0.1) is 0 Å². The second kappa shape index (κ2) is 9.33. The normalized spacial score (nSPS) is 16.8. The summed E-state index contributed by atoms with van der Waals surface area (Å²) in [7, 11) is -0.746. The van der Waals surface area contributed by atoms with Crippen molar-refractivity contribution in [1.29, 1.82) is 0 Å². The molecule has 0 spiro atoms.